The number of halogens is 4. The molecule has 0 saturated carbocycles. The normalized spacial score (nSPS) is 17.2. The van der Waals surface area contributed by atoms with Crippen LogP contribution in [0.5, 0.6) is 11.8 Å². The number of nitrogens with zero attached hydrogens (tertiary/aromatic N) is 11. The summed E-state index contributed by atoms with van der Waals surface area (Å²) in [5, 5.41) is 30.0. The van der Waals surface area contributed by atoms with Gasteiger partial charge >= 0.3 is 0 Å². The van der Waals surface area contributed by atoms with E-state index in [9.17, 15) is 18.8 Å². The Balaban J connectivity index is 0.000000175. The molecule has 326 valence electrons. The van der Waals surface area contributed by atoms with E-state index in [0.29, 0.717) is 57.4 Å². The summed E-state index contributed by atoms with van der Waals surface area (Å²) < 4.78 is 44.0. The molecule has 0 fully saturated rings. The van der Waals surface area contributed by atoms with Gasteiger partial charge in [0.15, 0.2) is 23.0 Å². The Bertz CT molecular complexity index is 2770. The first-order valence-corrected chi connectivity index (χ1v) is 21.0. The van der Waals surface area contributed by atoms with Crippen molar-refractivity contribution in [1.82, 2.24) is 49.7 Å². The summed E-state index contributed by atoms with van der Waals surface area (Å²) in [6.45, 7) is 4.96. The smallest absolute Gasteiger partial charge is 0.258 e. The maximum absolute atomic E-state index is 14.1. The predicted octanol–water partition coefficient (Wildman–Crippen LogP) is 7.36. The summed E-state index contributed by atoms with van der Waals surface area (Å²) in [6.07, 6.45) is 3.54. The number of ether oxygens (including phenoxy) is 2. The van der Waals surface area contributed by atoms with Crippen LogP contribution in [0, 0.1) is 37.9 Å². The Labute approximate surface area is 383 Å². The first-order valence-electron chi connectivity index (χ1n) is 19.1. The molecule has 3 aliphatic rings. The second kappa shape index (κ2) is 19.4. The summed E-state index contributed by atoms with van der Waals surface area (Å²) in [5.74, 6) is -0.558. The van der Waals surface area contributed by atoms with Crippen LogP contribution in [0.2, 0.25) is 0 Å². The van der Waals surface area contributed by atoms with Crippen molar-refractivity contribution in [3.8, 4) is 35.2 Å². The van der Waals surface area contributed by atoms with Gasteiger partial charge in [0.1, 0.15) is 40.6 Å². The minimum atomic E-state index is -0.726. The summed E-state index contributed by atoms with van der Waals surface area (Å²) in [5.41, 5.74) is 16.5. The number of fused-ring (bicyclic) bond motifs is 5. The van der Waals surface area contributed by atoms with E-state index in [1.54, 1.807) is 36.5 Å². The lowest BCUT2D eigenvalue weighted by molar-refractivity contribution is 0.0725. The number of carbonyl (C=O) groups is 1. The zero-order valence-corrected chi connectivity index (χ0v) is 37.4. The highest BCUT2D eigenvalue weighted by Gasteiger charge is 2.37. The number of carbonyl (C=O) groups excluding carboxylic acids is 1. The fourth-order valence-electron chi connectivity index (χ4n) is 7.43. The fourth-order valence-corrected chi connectivity index (χ4v) is 8.47. The second-order valence-electron chi connectivity index (χ2n) is 14.3. The molecule has 21 heteroatoms. The molecule has 2 bridgehead atoms. The van der Waals surface area contributed by atoms with Crippen molar-refractivity contribution >= 4 is 56.1 Å². The number of nitrogens with one attached hydrogen (secondary N) is 1. The Morgan fingerprint density at radius 2 is 1.71 bits per heavy atom. The number of anilines is 2. The third kappa shape index (κ3) is 9.55. The van der Waals surface area contributed by atoms with Crippen molar-refractivity contribution < 1.29 is 23.0 Å². The molecule has 4 atom stereocenters. The average Bonchev–Trinajstić information content (AvgIpc) is 4.04. The standard InChI is InChI=1S/C21H18FN7O2.C12H10BrFIN3O.C8H10N4.CH4/c1-10-13-7-11(22)3-4-12(13)21(30)28(2)16-5-6-29-18(16)17(14(8-23)27-29)15-9-25-19(24)20(26-15)31-10;1-6(8-4-7(14)2-3-9(8)15)19-12-11(16)17-5-10(13)18-12;1-10-7-2-3-12-8(7)4-6(5-9)11-12;/h3-4,7,9-10,16H,5-6H2,1-2H3,(H2,24,25);2-6H,1H3,(H2,16,17);4,7,10H,2-3H2,1H3;1H4. The molecule has 0 radical (unpaired) electrons. The van der Waals surface area contributed by atoms with Gasteiger partial charge in [-0.3, -0.25) is 14.2 Å². The maximum Gasteiger partial charge on any atom is 0.258 e. The third-order valence-electron chi connectivity index (χ3n) is 10.5. The fraction of sp³-hybridized carbons (Fsp3) is 0.310. The molecule has 4 aromatic heterocycles. The van der Waals surface area contributed by atoms with Gasteiger partial charge < -0.3 is 31.2 Å². The average molecular weight is 1040 g/mol. The molecule has 0 saturated heterocycles. The third-order valence-corrected chi connectivity index (χ3v) is 11.9. The number of aromatic nitrogens is 8. The van der Waals surface area contributed by atoms with Gasteiger partial charge in [-0.25, -0.2) is 28.7 Å². The maximum atomic E-state index is 14.1. The van der Waals surface area contributed by atoms with E-state index < -0.39 is 11.9 Å². The molecule has 4 unspecified atom stereocenters. The van der Waals surface area contributed by atoms with Crippen molar-refractivity contribution in [2.75, 3.05) is 25.6 Å². The lowest BCUT2D eigenvalue weighted by Crippen LogP contribution is -2.32. The van der Waals surface area contributed by atoms with Gasteiger partial charge in [0.05, 0.1) is 47.1 Å². The monoisotopic (exact) mass is 1030 g/mol. The van der Waals surface area contributed by atoms with Crippen molar-refractivity contribution in [2.45, 2.75) is 71.5 Å². The van der Waals surface area contributed by atoms with E-state index in [1.165, 1.54) is 42.7 Å². The quantitative estimate of drug-likeness (QED) is 0.146. The van der Waals surface area contributed by atoms with E-state index in [-0.39, 0.29) is 60.4 Å². The Kier molecular flexibility index (Phi) is 14.2. The molecule has 6 aromatic rings. The zero-order chi connectivity index (χ0) is 44.4. The first-order chi connectivity index (χ1) is 29.7. The minimum absolute atomic E-state index is 0. The summed E-state index contributed by atoms with van der Waals surface area (Å²) in [6, 6.07) is 14.6. The number of aryl methyl sites for hydroxylation is 2. The van der Waals surface area contributed by atoms with Crippen molar-refractivity contribution in [3.05, 3.63) is 114 Å². The largest absolute Gasteiger partial charge is 0.467 e. The molecule has 63 heavy (non-hydrogen) atoms. The van der Waals surface area contributed by atoms with Crippen molar-refractivity contribution in [3.63, 3.8) is 0 Å². The number of amides is 1. The molecule has 7 heterocycles. The van der Waals surface area contributed by atoms with E-state index >= 15 is 0 Å². The molecule has 2 aromatic carbocycles. The Morgan fingerprint density at radius 1 is 1.00 bits per heavy atom. The summed E-state index contributed by atoms with van der Waals surface area (Å²) in [7, 11) is 3.62. The summed E-state index contributed by atoms with van der Waals surface area (Å²) in [4.78, 5) is 31.8. The lowest BCUT2D eigenvalue weighted by atomic mass is 9.99. The Morgan fingerprint density at radius 3 is 2.44 bits per heavy atom. The first kappa shape index (κ1) is 46.2. The van der Waals surface area contributed by atoms with Gasteiger partial charge in [0, 0.05) is 40.4 Å². The van der Waals surface area contributed by atoms with Crippen LogP contribution < -0.4 is 26.3 Å². The highest BCUT2D eigenvalue weighted by molar-refractivity contribution is 14.1. The van der Waals surface area contributed by atoms with Gasteiger partial charge in [-0.15, -0.1) is 0 Å². The molecule has 17 nitrogen and oxygen atoms in total. The van der Waals surface area contributed by atoms with Crippen LogP contribution in [0.3, 0.4) is 0 Å². The zero-order valence-electron chi connectivity index (χ0n) is 33.6. The molecule has 9 rings (SSSR count). The number of nitrogen functional groups attached to an aromatic ring is 2. The van der Waals surface area contributed by atoms with E-state index in [4.69, 9.17) is 26.2 Å². The SMILES string of the molecule is C.CC(Oc1nc(Br)cnc1N)c1cc(F)ccc1I.CC1Oc2nc(cnc2N)-c2c(C#N)nn3c2C(CC3)N(C)C(=O)c2ccc(F)cc21.CNC1CCn2nc(C#N)cc21. The number of rotatable bonds is 4. The van der Waals surface area contributed by atoms with E-state index in [0.717, 1.165) is 27.8 Å². The molecular weight excluding hydrogens is 993 g/mol. The highest BCUT2D eigenvalue weighted by Crippen LogP contribution is 2.41. The molecule has 3 aliphatic heterocycles. The topological polar surface area (TPSA) is 238 Å². The Hall–Kier alpha value is -6.30. The van der Waals surface area contributed by atoms with E-state index in [1.807, 2.05) is 23.9 Å². The van der Waals surface area contributed by atoms with E-state index in [2.05, 4.69) is 80.0 Å². The summed E-state index contributed by atoms with van der Waals surface area (Å²) >= 11 is 5.33. The van der Waals surface area contributed by atoms with Crippen LogP contribution in [0.1, 0.15) is 103 Å². The second-order valence-corrected chi connectivity index (χ2v) is 16.3. The van der Waals surface area contributed by atoms with Crippen molar-refractivity contribution in [2.24, 2.45) is 0 Å². The van der Waals surface area contributed by atoms with Crippen LogP contribution in [-0.2, 0) is 13.1 Å². The molecule has 0 aliphatic carbocycles. The van der Waals surface area contributed by atoms with Crippen LogP contribution in [-0.4, -0.2) is 64.4 Å². The van der Waals surface area contributed by atoms with Gasteiger partial charge in [0.25, 0.3) is 17.7 Å². The number of hydrogen-bond donors (Lipinski definition) is 3. The molecule has 1 amide bonds. The molecular formula is C42H42BrF2IN14O3. The number of benzene rings is 2. The van der Waals surface area contributed by atoms with Crippen LogP contribution in [0.4, 0.5) is 20.4 Å². The van der Waals surface area contributed by atoms with Gasteiger partial charge in [-0.1, -0.05) is 7.43 Å². The van der Waals surface area contributed by atoms with Crippen LogP contribution >= 0.6 is 38.5 Å². The van der Waals surface area contributed by atoms with Crippen LogP contribution in [0.15, 0.2) is 59.5 Å². The van der Waals surface area contributed by atoms with Gasteiger partial charge in [0.2, 0.25) is 0 Å². The van der Waals surface area contributed by atoms with Crippen LogP contribution in [0.25, 0.3) is 11.3 Å². The van der Waals surface area contributed by atoms with Gasteiger partial charge in [-0.05, 0) is 115 Å². The lowest BCUT2D eigenvalue weighted by Gasteiger charge is -2.28. The number of nitriles is 2. The number of nitrogens with two attached hydrogens (primary N) is 2. The predicted molar refractivity (Wildman–Crippen MR) is 240 cm³/mol. The molecule has 5 N–H and O–H groups in total. The highest BCUT2D eigenvalue weighted by atomic mass is 127. The number of hydrogen-bond acceptors (Lipinski definition) is 14. The molecule has 0 spiro atoms. The van der Waals surface area contributed by atoms with Crippen molar-refractivity contribution in [1.29, 1.82) is 10.5 Å². The minimum Gasteiger partial charge on any atom is -0.467 e. The van der Waals surface area contributed by atoms with Gasteiger partial charge in [-0.2, -0.15) is 20.7 Å².